The van der Waals surface area contributed by atoms with Gasteiger partial charge in [-0.2, -0.15) is 0 Å². The van der Waals surface area contributed by atoms with Crippen molar-refractivity contribution < 1.29 is 14.3 Å². The van der Waals surface area contributed by atoms with Crippen LogP contribution in [0.5, 0.6) is 5.75 Å². The Morgan fingerprint density at radius 2 is 1.60 bits per heavy atom. The minimum Gasteiger partial charge on any atom is -0.484 e. The van der Waals surface area contributed by atoms with Crippen LogP contribution in [0, 0.1) is 0 Å². The molecule has 0 fully saturated rings. The third-order valence-corrected chi connectivity index (χ3v) is 6.37. The number of carbonyl (C=O) groups excluding carboxylic acids is 2. The van der Waals surface area contributed by atoms with E-state index < -0.39 is 6.04 Å². The van der Waals surface area contributed by atoms with Gasteiger partial charge in [-0.1, -0.05) is 78.7 Å². The van der Waals surface area contributed by atoms with Gasteiger partial charge in [0.05, 0.1) is 0 Å². The van der Waals surface area contributed by atoms with E-state index in [0.717, 1.165) is 17.5 Å². The Balaban J connectivity index is 1.91. The van der Waals surface area contributed by atoms with Crippen molar-refractivity contribution in [2.45, 2.75) is 45.3 Å². The molecule has 3 rings (SSSR count). The molecule has 0 unspecified atom stereocenters. The first-order valence-electron chi connectivity index (χ1n) is 11.6. The van der Waals surface area contributed by atoms with E-state index in [0.29, 0.717) is 22.2 Å². The molecule has 0 saturated carbocycles. The van der Waals surface area contributed by atoms with Crippen LogP contribution in [-0.4, -0.2) is 35.4 Å². The molecule has 0 aliphatic rings. The highest BCUT2D eigenvalue weighted by atomic mass is 35.5. The summed E-state index contributed by atoms with van der Waals surface area (Å²) in [4.78, 5) is 28.6. The molecule has 0 heterocycles. The number of ether oxygens (including phenoxy) is 1. The summed E-state index contributed by atoms with van der Waals surface area (Å²) in [6.07, 6.45) is 1.14. The van der Waals surface area contributed by atoms with Crippen LogP contribution in [-0.2, 0) is 22.6 Å². The van der Waals surface area contributed by atoms with Crippen LogP contribution >= 0.6 is 23.2 Å². The SMILES string of the molecule is CC[C@H](C)NC(=O)[C@H](Cc1ccccc1)N(Cc1ccccc1Cl)C(=O)COc1ccc(Cl)cc1. The van der Waals surface area contributed by atoms with E-state index in [1.165, 1.54) is 0 Å². The fraction of sp³-hybridized carbons (Fsp3) is 0.286. The van der Waals surface area contributed by atoms with Crippen molar-refractivity contribution in [2.24, 2.45) is 0 Å². The van der Waals surface area contributed by atoms with Crippen molar-refractivity contribution in [3.8, 4) is 5.75 Å². The second-order valence-electron chi connectivity index (χ2n) is 8.38. The molecule has 0 aliphatic heterocycles. The number of hydrogen-bond acceptors (Lipinski definition) is 3. The first-order chi connectivity index (χ1) is 16.9. The Bertz CT molecular complexity index is 1110. The summed E-state index contributed by atoms with van der Waals surface area (Å²) in [5.41, 5.74) is 1.70. The van der Waals surface area contributed by atoms with Crippen molar-refractivity contribution in [1.82, 2.24) is 10.2 Å². The lowest BCUT2D eigenvalue weighted by Gasteiger charge is -2.32. The average molecular weight is 513 g/mol. The van der Waals surface area contributed by atoms with Gasteiger partial charge in [0.15, 0.2) is 6.61 Å². The Kier molecular flexibility index (Phi) is 10.0. The second-order valence-corrected chi connectivity index (χ2v) is 9.22. The molecule has 0 aromatic heterocycles. The predicted octanol–water partition coefficient (Wildman–Crippen LogP) is 5.93. The normalized spacial score (nSPS) is 12.5. The molecule has 5 nitrogen and oxygen atoms in total. The van der Waals surface area contributed by atoms with Gasteiger partial charge >= 0.3 is 0 Å². The van der Waals surface area contributed by atoms with Gasteiger partial charge in [-0.25, -0.2) is 0 Å². The molecule has 1 N–H and O–H groups in total. The molecule has 2 atom stereocenters. The third kappa shape index (κ3) is 8.01. The largest absolute Gasteiger partial charge is 0.484 e. The third-order valence-electron chi connectivity index (χ3n) is 5.75. The highest BCUT2D eigenvalue weighted by molar-refractivity contribution is 6.31. The number of benzene rings is 3. The van der Waals surface area contributed by atoms with E-state index in [-0.39, 0.29) is 31.0 Å². The maximum atomic E-state index is 13.5. The monoisotopic (exact) mass is 512 g/mol. The van der Waals surface area contributed by atoms with Crippen molar-refractivity contribution >= 4 is 35.0 Å². The molecule has 184 valence electrons. The lowest BCUT2D eigenvalue weighted by atomic mass is 10.0. The first-order valence-corrected chi connectivity index (χ1v) is 12.4. The lowest BCUT2D eigenvalue weighted by molar-refractivity contribution is -0.143. The number of rotatable bonds is 11. The van der Waals surface area contributed by atoms with Crippen molar-refractivity contribution in [1.29, 1.82) is 0 Å². The van der Waals surface area contributed by atoms with Crippen LogP contribution in [0.15, 0.2) is 78.9 Å². The Labute approximate surface area is 217 Å². The molecular weight excluding hydrogens is 483 g/mol. The van der Waals surface area contributed by atoms with Gasteiger partial charge in [0.25, 0.3) is 5.91 Å². The number of nitrogens with zero attached hydrogens (tertiary/aromatic N) is 1. The Hall–Kier alpha value is -3.02. The quantitative estimate of drug-likeness (QED) is 0.346. The fourth-order valence-corrected chi connectivity index (χ4v) is 3.89. The summed E-state index contributed by atoms with van der Waals surface area (Å²) in [5, 5.41) is 4.15. The summed E-state index contributed by atoms with van der Waals surface area (Å²) < 4.78 is 5.74. The van der Waals surface area contributed by atoms with Gasteiger partial charge in [0.2, 0.25) is 5.91 Å². The van der Waals surface area contributed by atoms with Crippen molar-refractivity contribution in [3.05, 3.63) is 100 Å². The summed E-state index contributed by atoms with van der Waals surface area (Å²) in [7, 11) is 0. The van der Waals surface area contributed by atoms with Gasteiger partial charge in [0, 0.05) is 29.1 Å². The zero-order chi connectivity index (χ0) is 25.2. The van der Waals surface area contributed by atoms with E-state index in [1.807, 2.05) is 62.4 Å². The molecular formula is C28H30Cl2N2O3. The Morgan fingerprint density at radius 3 is 2.26 bits per heavy atom. The molecule has 0 spiro atoms. The summed E-state index contributed by atoms with van der Waals surface area (Å²) in [5.74, 6) is -0.0145. The molecule has 7 heteroatoms. The van der Waals surface area contributed by atoms with Crippen LogP contribution in [0.2, 0.25) is 10.0 Å². The van der Waals surface area contributed by atoms with Crippen LogP contribution in [0.25, 0.3) is 0 Å². The van der Waals surface area contributed by atoms with Crippen LogP contribution in [0.4, 0.5) is 0 Å². The molecule has 0 bridgehead atoms. The van der Waals surface area contributed by atoms with E-state index in [9.17, 15) is 9.59 Å². The van der Waals surface area contributed by atoms with Gasteiger partial charge < -0.3 is 15.0 Å². The summed E-state index contributed by atoms with van der Waals surface area (Å²) >= 11 is 12.4. The molecule has 35 heavy (non-hydrogen) atoms. The van der Waals surface area contributed by atoms with Gasteiger partial charge in [0.1, 0.15) is 11.8 Å². The fourth-order valence-electron chi connectivity index (χ4n) is 3.56. The minimum absolute atomic E-state index is 0.0247. The highest BCUT2D eigenvalue weighted by Crippen LogP contribution is 2.21. The molecule has 0 saturated heterocycles. The molecule has 3 aromatic carbocycles. The minimum atomic E-state index is -0.746. The summed E-state index contributed by atoms with van der Waals surface area (Å²) in [6, 6.07) is 23.0. The van der Waals surface area contributed by atoms with E-state index in [4.69, 9.17) is 27.9 Å². The van der Waals surface area contributed by atoms with Crippen LogP contribution < -0.4 is 10.1 Å². The standard InChI is InChI=1S/C28H30Cl2N2O3/c1-3-20(2)31-28(34)26(17-21-9-5-4-6-10-21)32(18-22-11-7-8-12-25(22)30)27(33)19-35-24-15-13-23(29)14-16-24/h4-16,20,26H,3,17-19H2,1-2H3,(H,31,34)/t20-,26-/m0/s1. The second kappa shape index (κ2) is 13.2. The maximum absolute atomic E-state index is 13.5. The topological polar surface area (TPSA) is 58.6 Å². The van der Waals surface area contributed by atoms with Gasteiger partial charge in [-0.15, -0.1) is 0 Å². The number of carbonyl (C=O) groups is 2. The van der Waals surface area contributed by atoms with E-state index in [2.05, 4.69) is 5.32 Å². The van der Waals surface area contributed by atoms with Gasteiger partial charge in [-0.05, 0) is 54.8 Å². The molecule has 3 aromatic rings. The smallest absolute Gasteiger partial charge is 0.261 e. The zero-order valence-corrected chi connectivity index (χ0v) is 21.4. The maximum Gasteiger partial charge on any atom is 0.261 e. The molecule has 0 aliphatic carbocycles. The average Bonchev–Trinajstić information content (AvgIpc) is 2.87. The number of nitrogens with one attached hydrogen (secondary N) is 1. The first kappa shape index (κ1) is 26.6. The molecule has 0 radical (unpaired) electrons. The number of amides is 2. The van der Waals surface area contributed by atoms with Crippen LogP contribution in [0.1, 0.15) is 31.4 Å². The van der Waals surface area contributed by atoms with Crippen LogP contribution in [0.3, 0.4) is 0 Å². The molecule has 2 amide bonds. The Morgan fingerprint density at radius 1 is 0.943 bits per heavy atom. The lowest BCUT2D eigenvalue weighted by Crippen LogP contribution is -2.53. The van der Waals surface area contributed by atoms with Crippen molar-refractivity contribution in [2.75, 3.05) is 6.61 Å². The van der Waals surface area contributed by atoms with Crippen molar-refractivity contribution in [3.63, 3.8) is 0 Å². The van der Waals surface area contributed by atoms with Gasteiger partial charge in [-0.3, -0.25) is 9.59 Å². The zero-order valence-electron chi connectivity index (χ0n) is 19.9. The summed E-state index contributed by atoms with van der Waals surface area (Å²) in [6.45, 7) is 3.90. The predicted molar refractivity (Wildman–Crippen MR) is 141 cm³/mol. The van der Waals surface area contributed by atoms with E-state index in [1.54, 1.807) is 35.2 Å². The number of hydrogen-bond donors (Lipinski definition) is 1. The van der Waals surface area contributed by atoms with E-state index >= 15 is 0 Å². The number of halogens is 2. The highest BCUT2D eigenvalue weighted by Gasteiger charge is 2.31.